The molecule has 0 aromatic carbocycles. The van der Waals surface area contributed by atoms with Gasteiger partial charge in [0, 0.05) is 32.8 Å². The van der Waals surface area contributed by atoms with Crippen LogP contribution in [0.1, 0.15) is 40.2 Å². The Balaban J connectivity index is 1.66. The van der Waals surface area contributed by atoms with Crippen LogP contribution in [0.5, 0.6) is 0 Å². The average Bonchev–Trinajstić information content (AvgIpc) is 3.19. The quantitative estimate of drug-likeness (QED) is 0.828. The molecule has 1 aliphatic heterocycles. The molecule has 0 fully saturated rings. The summed E-state index contributed by atoms with van der Waals surface area (Å²) >= 11 is 1.32. The van der Waals surface area contributed by atoms with Crippen molar-refractivity contribution in [2.45, 2.75) is 38.9 Å². The molecule has 0 saturated heterocycles. The molecular formula is C16H19F3N4OS. The van der Waals surface area contributed by atoms with Gasteiger partial charge in [0.15, 0.2) is 5.69 Å². The number of carbonyl (C=O) groups excluding carboxylic acids is 1. The topological polar surface area (TPSA) is 51.0 Å². The fraction of sp³-hybridized carbons (Fsp3) is 0.562. The Kier molecular flexibility index (Phi) is 4.86. The molecule has 136 valence electrons. The van der Waals surface area contributed by atoms with Gasteiger partial charge in [-0.15, -0.1) is 11.3 Å². The van der Waals surface area contributed by atoms with E-state index in [9.17, 15) is 18.0 Å². The summed E-state index contributed by atoms with van der Waals surface area (Å²) in [5.74, 6) is 0.495. The van der Waals surface area contributed by atoms with E-state index in [1.807, 2.05) is 6.92 Å². The lowest BCUT2D eigenvalue weighted by Crippen LogP contribution is -2.35. The van der Waals surface area contributed by atoms with Crippen molar-refractivity contribution in [1.29, 1.82) is 0 Å². The maximum atomic E-state index is 12.8. The summed E-state index contributed by atoms with van der Waals surface area (Å²) < 4.78 is 39.9. The molecule has 9 heteroatoms. The van der Waals surface area contributed by atoms with Gasteiger partial charge in [-0.05, 0) is 18.8 Å². The van der Waals surface area contributed by atoms with Gasteiger partial charge < -0.3 is 9.47 Å². The molecule has 0 radical (unpaired) electrons. The lowest BCUT2D eigenvalue weighted by molar-refractivity contribution is -0.141. The highest BCUT2D eigenvalue weighted by Gasteiger charge is 2.36. The van der Waals surface area contributed by atoms with Crippen LogP contribution in [0, 0.1) is 5.92 Å². The SMILES string of the molecule is CCc1ncsc1C(=O)N(C)CC1CCc2nc(C(F)(F)F)cn2C1. The van der Waals surface area contributed by atoms with Crippen LogP contribution in [-0.4, -0.2) is 38.9 Å². The van der Waals surface area contributed by atoms with Crippen LogP contribution in [0.2, 0.25) is 0 Å². The number of imidazole rings is 1. The normalized spacial score (nSPS) is 17.4. The van der Waals surface area contributed by atoms with Crippen LogP contribution in [-0.2, 0) is 25.6 Å². The zero-order chi connectivity index (χ0) is 18.2. The third kappa shape index (κ3) is 3.70. The molecule has 1 atom stereocenters. The van der Waals surface area contributed by atoms with E-state index in [2.05, 4.69) is 9.97 Å². The van der Waals surface area contributed by atoms with Gasteiger partial charge in [-0.2, -0.15) is 13.2 Å². The molecule has 0 N–H and O–H groups in total. The number of aromatic nitrogens is 3. The van der Waals surface area contributed by atoms with Crippen molar-refractivity contribution < 1.29 is 18.0 Å². The molecule has 0 bridgehead atoms. The lowest BCUT2D eigenvalue weighted by atomic mass is 9.99. The fourth-order valence-corrected chi connectivity index (χ4v) is 4.01. The highest BCUT2D eigenvalue weighted by atomic mass is 32.1. The van der Waals surface area contributed by atoms with Gasteiger partial charge in [-0.25, -0.2) is 9.97 Å². The standard InChI is InChI=1S/C16H19F3N4OS/c1-3-11-14(25-9-20-11)15(24)22(2)6-10-4-5-13-21-12(16(17,18)19)8-23(13)7-10/h8-10H,3-7H2,1-2H3. The largest absolute Gasteiger partial charge is 0.434 e. The summed E-state index contributed by atoms with van der Waals surface area (Å²) in [5.41, 5.74) is 1.61. The number of alkyl halides is 3. The smallest absolute Gasteiger partial charge is 0.341 e. The van der Waals surface area contributed by atoms with E-state index in [1.54, 1.807) is 22.0 Å². The van der Waals surface area contributed by atoms with Gasteiger partial charge in [0.2, 0.25) is 0 Å². The van der Waals surface area contributed by atoms with Crippen molar-refractivity contribution in [3.8, 4) is 0 Å². The molecule has 2 aromatic rings. The van der Waals surface area contributed by atoms with Crippen molar-refractivity contribution in [2.24, 2.45) is 5.92 Å². The first kappa shape index (κ1) is 17.9. The van der Waals surface area contributed by atoms with Gasteiger partial charge in [0.25, 0.3) is 5.91 Å². The zero-order valence-electron chi connectivity index (χ0n) is 14.0. The molecule has 5 nitrogen and oxygen atoms in total. The molecular weight excluding hydrogens is 353 g/mol. The highest BCUT2D eigenvalue weighted by Crippen LogP contribution is 2.31. The number of rotatable bonds is 4. The number of halogens is 3. The Bertz CT molecular complexity index is 768. The maximum Gasteiger partial charge on any atom is 0.434 e. The summed E-state index contributed by atoms with van der Waals surface area (Å²) in [7, 11) is 1.73. The van der Waals surface area contributed by atoms with Crippen molar-refractivity contribution >= 4 is 17.2 Å². The van der Waals surface area contributed by atoms with Crippen LogP contribution >= 0.6 is 11.3 Å². The van der Waals surface area contributed by atoms with E-state index in [0.717, 1.165) is 18.3 Å². The molecule has 0 spiro atoms. The Morgan fingerprint density at radius 2 is 2.24 bits per heavy atom. The molecule has 1 unspecified atom stereocenters. The minimum absolute atomic E-state index is 0.0771. The minimum Gasteiger partial charge on any atom is -0.341 e. The second-order valence-electron chi connectivity index (χ2n) is 6.26. The van der Waals surface area contributed by atoms with Crippen molar-refractivity contribution in [1.82, 2.24) is 19.4 Å². The zero-order valence-corrected chi connectivity index (χ0v) is 14.8. The van der Waals surface area contributed by atoms with E-state index >= 15 is 0 Å². The van der Waals surface area contributed by atoms with Gasteiger partial charge in [-0.3, -0.25) is 4.79 Å². The Morgan fingerprint density at radius 3 is 2.92 bits per heavy atom. The van der Waals surface area contributed by atoms with Crippen LogP contribution in [0.25, 0.3) is 0 Å². The number of nitrogens with zero attached hydrogens (tertiary/aromatic N) is 4. The first-order chi connectivity index (χ1) is 11.8. The Hall–Kier alpha value is -1.90. The van der Waals surface area contributed by atoms with Crippen molar-refractivity contribution in [3.05, 3.63) is 33.8 Å². The van der Waals surface area contributed by atoms with Crippen LogP contribution in [0.15, 0.2) is 11.7 Å². The third-order valence-corrected chi connectivity index (χ3v) is 5.29. The molecule has 3 heterocycles. The van der Waals surface area contributed by atoms with E-state index in [1.165, 1.54) is 11.3 Å². The molecule has 1 amide bonds. The predicted octanol–water partition coefficient (Wildman–Crippen LogP) is 3.26. The predicted molar refractivity (Wildman–Crippen MR) is 87.5 cm³/mol. The third-order valence-electron chi connectivity index (χ3n) is 4.43. The highest BCUT2D eigenvalue weighted by molar-refractivity contribution is 7.11. The van der Waals surface area contributed by atoms with Gasteiger partial charge in [0.1, 0.15) is 10.7 Å². The van der Waals surface area contributed by atoms with Gasteiger partial charge in [-0.1, -0.05) is 6.92 Å². The van der Waals surface area contributed by atoms with E-state index in [-0.39, 0.29) is 11.8 Å². The lowest BCUT2D eigenvalue weighted by Gasteiger charge is -2.28. The summed E-state index contributed by atoms with van der Waals surface area (Å²) in [6.45, 7) is 2.89. The number of thiazole rings is 1. The van der Waals surface area contributed by atoms with Gasteiger partial charge >= 0.3 is 6.18 Å². The molecule has 1 aliphatic rings. The molecule has 2 aromatic heterocycles. The molecule has 0 saturated carbocycles. The van der Waals surface area contributed by atoms with Crippen molar-refractivity contribution in [3.63, 3.8) is 0 Å². The summed E-state index contributed by atoms with van der Waals surface area (Å²) in [6.07, 6.45) is -1.45. The van der Waals surface area contributed by atoms with E-state index in [0.29, 0.717) is 36.6 Å². The Morgan fingerprint density at radius 1 is 1.48 bits per heavy atom. The number of fused-ring (bicyclic) bond motifs is 1. The minimum atomic E-state index is -4.42. The van der Waals surface area contributed by atoms with E-state index < -0.39 is 11.9 Å². The number of amides is 1. The number of carbonyl (C=O) groups is 1. The second kappa shape index (κ2) is 6.78. The molecule has 3 rings (SSSR count). The van der Waals surface area contributed by atoms with Crippen LogP contribution < -0.4 is 0 Å². The second-order valence-corrected chi connectivity index (χ2v) is 7.12. The number of aryl methyl sites for hydroxylation is 2. The fourth-order valence-electron chi connectivity index (χ4n) is 3.14. The number of hydrogen-bond donors (Lipinski definition) is 0. The van der Waals surface area contributed by atoms with E-state index in [4.69, 9.17) is 0 Å². The maximum absolute atomic E-state index is 12.8. The monoisotopic (exact) mass is 372 g/mol. The molecule has 25 heavy (non-hydrogen) atoms. The van der Waals surface area contributed by atoms with Crippen molar-refractivity contribution in [2.75, 3.05) is 13.6 Å². The average molecular weight is 372 g/mol. The summed E-state index contributed by atoms with van der Waals surface area (Å²) in [6, 6.07) is 0. The van der Waals surface area contributed by atoms with Gasteiger partial charge in [0.05, 0.1) is 11.2 Å². The Labute approximate surface area is 147 Å². The first-order valence-corrected chi connectivity index (χ1v) is 8.98. The molecule has 0 aliphatic carbocycles. The first-order valence-electron chi connectivity index (χ1n) is 8.10. The summed E-state index contributed by atoms with van der Waals surface area (Å²) in [5, 5.41) is 0. The summed E-state index contributed by atoms with van der Waals surface area (Å²) in [4.78, 5) is 22.7. The van der Waals surface area contributed by atoms with Crippen LogP contribution in [0.3, 0.4) is 0 Å². The number of hydrogen-bond acceptors (Lipinski definition) is 4. The van der Waals surface area contributed by atoms with Crippen LogP contribution in [0.4, 0.5) is 13.2 Å².